The topological polar surface area (TPSA) is 23.8 Å². The third-order valence-electron chi connectivity index (χ3n) is 3.99. The van der Waals surface area contributed by atoms with Crippen LogP contribution in [0, 0.1) is 11.3 Å². The summed E-state index contributed by atoms with van der Waals surface area (Å²) >= 11 is 3.07. The van der Waals surface area contributed by atoms with Gasteiger partial charge in [-0.25, -0.2) is 0 Å². The standard InChI is InChI=1S/C11H10F3N.C10H10BrF3/c1-7(2)9-3-8(6-15)4-10(5-9)11(12,13)14;1-6(2)7-3-8(10(12,13)14)5-9(11)4-7/h3-5,7H,1-2H3;3-6H,1-2H3. The first-order valence-corrected chi connectivity index (χ1v) is 9.44. The highest BCUT2D eigenvalue weighted by atomic mass is 79.9. The van der Waals surface area contributed by atoms with Gasteiger partial charge >= 0.3 is 12.4 Å². The van der Waals surface area contributed by atoms with Gasteiger partial charge in [-0.2, -0.15) is 31.6 Å². The van der Waals surface area contributed by atoms with Crippen molar-refractivity contribution in [1.82, 2.24) is 0 Å². The number of halogens is 7. The molecule has 0 radical (unpaired) electrons. The minimum Gasteiger partial charge on any atom is -0.192 e. The highest BCUT2D eigenvalue weighted by Crippen LogP contribution is 2.34. The lowest BCUT2D eigenvalue weighted by molar-refractivity contribution is -0.138. The molecule has 0 aromatic heterocycles. The molecular formula is C21H20BrF6N. The second kappa shape index (κ2) is 9.66. The van der Waals surface area contributed by atoms with Gasteiger partial charge in [0.1, 0.15) is 0 Å². The van der Waals surface area contributed by atoms with E-state index in [1.54, 1.807) is 26.0 Å². The summed E-state index contributed by atoms with van der Waals surface area (Å²) < 4.78 is 75.0. The number of alkyl halides is 6. The van der Waals surface area contributed by atoms with Crippen molar-refractivity contribution in [3.8, 4) is 6.07 Å². The first kappa shape index (κ1) is 25.0. The van der Waals surface area contributed by atoms with Gasteiger partial charge in [0, 0.05) is 4.47 Å². The lowest BCUT2D eigenvalue weighted by atomic mass is 9.98. The zero-order valence-corrected chi connectivity index (χ0v) is 17.8. The summed E-state index contributed by atoms with van der Waals surface area (Å²) in [5.74, 6) is 0.0630. The lowest BCUT2D eigenvalue weighted by Gasteiger charge is -2.11. The molecule has 0 saturated carbocycles. The second-order valence-corrected chi connectivity index (χ2v) is 7.95. The molecule has 0 bridgehead atoms. The minimum absolute atomic E-state index is 0.0283. The van der Waals surface area contributed by atoms with E-state index in [1.807, 2.05) is 13.8 Å². The van der Waals surface area contributed by atoms with E-state index in [0.717, 1.165) is 18.2 Å². The van der Waals surface area contributed by atoms with Gasteiger partial charge in [0.15, 0.2) is 0 Å². The summed E-state index contributed by atoms with van der Waals surface area (Å²) in [6.45, 7) is 7.30. The molecule has 0 atom stereocenters. The Morgan fingerprint density at radius 3 is 1.52 bits per heavy atom. The molecule has 0 fully saturated rings. The quantitative estimate of drug-likeness (QED) is 0.397. The van der Waals surface area contributed by atoms with Crippen molar-refractivity contribution in [1.29, 1.82) is 5.26 Å². The van der Waals surface area contributed by atoms with Gasteiger partial charge in [0.25, 0.3) is 0 Å². The molecule has 2 aromatic carbocycles. The lowest BCUT2D eigenvalue weighted by Crippen LogP contribution is -2.06. The van der Waals surface area contributed by atoms with E-state index >= 15 is 0 Å². The molecule has 29 heavy (non-hydrogen) atoms. The van der Waals surface area contributed by atoms with Crippen LogP contribution in [0.15, 0.2) is 40.9 Å². The smallest absolute Gasteiger partial charge is 0.192 e. The van der Waals surface area contributed by atoms with Gasteiger partial charge in [-0.3, -0.25) is 0 Å². The molecule has 2 aromatic rings. The number of benzene rings is 2. The van der Waals surface area contributed by atoms with Gasteiger partial charge < -0.3 is 0 Å². The van der Waals surface area contributed by atoms with E-state index in [9.17, 15) is 26.3 Å². The average molecular weight is 480 g/mol. The maximum atomic E-state index is 12.4. The molecule has 0 aliphatic carbocycles. The second-order valence-electron chi connectivity index (χ2n) is 7.03. The Balaban J connectivity index is 0.000000291. The van der Waals surface area contributed by atoms with E-state index in [2.05, 4.69) is 15.9 Å². The van der Waals surface area contributed by atoms with Crippen LogP contribution in [-0.4, -0.2) is 0 Å². The minimum atomic E-state index is -4.39. The Kier molecular flexibility index (Phi) is 8.34. The van der Waals surface area contributed by atoms with Gasteiger partial charge in [0.2, 0.25) is 0 Å². The Morgan fingerprint density at radius 2 is 1.14 bits per heavy atom. The van der Waals surface area contributed by atoms with Crippen LogP contribution in [-0.2, 0) is 12.4 Å². The molecule has 0 heterocycles. The third-order valence-corrected chi connectivity index (χ3v) is 4.45. The first-order valence-electron chi connectivity index (χ1n) is 8.65. The summed E-state index contributed by atoms with van der Waals surface area (Å²) in [5, 5.41) is 8.62. The van der Waals surface area contributed by atoms with Gasteiger partial charge in [-0.05, 0) is 59.4 Å². The summed E-state index contributed by atoms with van der Waals surface area (Å²) in [7, 11) is 0. The number of hydrogen-bond acceptors (Lipinski definition) is 1. The van der Waals surface area contributed by atoms with Crippen molar-refractivity contribution < 1.29 is 26.3 Å². The van der Waals surface area contributed by atoms with Crippen molar-refractivity contribution in [2.75, 3.05) is 0 Å². The van der Waals surface area contributed by atoms with E-state index in [-0.39, 0.29) is 17.4 Å². The highest BCUT2D eigenvalue weighted by Gasteiger charge is 2.32. The average Bonchev–Trinajstić information content (AvgIpc) is 2.59. The Bertz CT molecular complexity index is 876. The van der Waals surface area contributed by atoms with Gasteiger partial charge in [-0.15, -0.1) is 0 Å². The summed E-state index contributed by atoms with van der Waals surface area (Å²) in [6, 6.07) is 9.16. The molecule has 2 rings (SSSR count). The van der Waals surface area contributed by atoms with Crippen LogP contribution in [0.3, 0.4) is 0 Å². The monoisotopic (exact) mass is 479 g/mol. The molecule has 8 heteroatoms. The van der Waals surface area contributed by atoms with Crippen molar-refractivity contribution in [2.45, 2.75) is 51.9 Å². The maximum Gasteiger partial charge on any atom is 0.416 e. The molecule has 0 spiro atoms. The van der Waals surface area contributed by atoms with Crippen LogP contribution in [0.2, 0.25) is 0 Å². The van der Waals surface area contributed by atoms with E-state index in [4.69, 9.17) is 5.26 Å². The first-order chi connectivity index (χ1) is 13.1. The number of nitrogens with zero attached hydrogens (tertiary/aromatic N) is 1. The van der Waals surface area contributed by atoms with Crippen molar-refractivity contribution in [3.05, 3.63) is 68.7 Å². The fourth-order valence-electron chi connectivity index (χ4n) is 2.32. The van der Waals surface area contributed by atoms with E-state index in [1.165, 1.54) is 12.1 Å². The SMILES string of the molecule is CC(C)c1cc(Br)cc(C(F)(F)F)c1.CC(C)c1cc(C#N)cc(C(F)(F)F)c1. The Labute approximate surface area is 174 Å². The predicted octanol–water partition coefficient (Wildman–Crippen LogP) is 8.29. The molecule has 0 unspecified atom stereocenters. The Hall–Kier alpha value is -2.01. The Morgan fingerprint density at radius 1 is 0.724 bits per heavy atom. The largest absolute Gasteiger partial charge is 0.416 e. The molecule has 0 saturated heterocycles. The van der Waals surface area contributed by atoms with Crippen molar-refractivity contribution in [2.24, 2.45) is 0 Å². The molecule has 0 aliphatic rings. The fourth-order valence-corrected chi connectivity index (χ4v) is 2.83. The fraction of sp³-hybridized carbons (Fsp3) is 0.381. The molecule has 0 N–H and O–H groups in total. The van der Waals surface area contributed by atoms with Crippen LogP contribution >= 0.6 is 15.9 Å². The van der Waals surface area contributed by atoms with E-state index < -0.39 is 23.5 Å². The molecule has 158 valence electrons. The van der Waals surface area contributed by atoms with Crippen LogP contribution in [0.5, 0.6) is 0 Å². The summed E-state index contributed by atoms with van der Waals surface area (Å²) in [5.41, 5.74) is -0.0950. The third kappa shape index (κ3) is 7.73. The summed E-state index contributed by atoms with van der Waals surface area (Å²) in [6.07, 6.45) is -8.66. The molecular weight excluding hydrogens is 460 g/mol. The van der Waals surface area contributed by atoms with Gasteiger partial charge in [0.05, 0.1) is 22.8 Å². The zero-order valence-electron chi connectivity index (χ0n) is 16.2. The maximum absolute atomic E-state index is 12.4. The molecule has 1 nitrogen and oxygen atoms in total. The number of hydrogen-bond donors (Lipinski definition) is 0. The van der Waals surface area contributed by atoms with Crippen LogP contribution in [0.25, 0.3) is 0 Å². The number of nitriles is 1. The van der Waals surface area contributed by atoms with Crippen molar-refractivity contribution >= 4 is 15.9 Å². The molecule has 0 aliphatic heterocycles. The number of rotatable bonds is 2. The predicted molar refractivity (Wildman–Crippen MR) is 103 cm³/mol. The summed E-state index contributed by atoms with van der Waals surface area (Å²) in [4.78, 5) is 0. The van der Waals surface area contributed by atoms with Gasteiger partial charge in [-0.1, -0.05) is 43.6 Å². The van der Waals surface area contributed by atoms with Crippen molar-refractivity contribution in [3.63, 3.8) is 0 Å². The molecule has 0 amide bonds. The van der Waals surface area contributed by atoms with Crippen LogP contribution in [0.1, 0.15) is 67.3 Å². The van der Waals surface area contributed by atoms with Crippen LogP contribution < -0.4 is 0 Å². The van der Waals surface area contributed by atoms with Crippen LogP contribution in [0.4, 0.5) is 26.3 Å². The highest BCUT2D eigenvalue weighted by molar-refractivity contribution is 9.10. The van der Waals surface area contributed by atoms with E-state index in [0.29, 0.717) is 15.6 Å². The zero-order chi connectivity index (χ0) is 22.6. The normalized spacial score (nSPS) is 11.9.